The summed E-state index contributed by atoms with van der Waals surface area (Å²) in [4.78, 5) is 28.7. The Balaban J connectivity index is 1.56. The van der Waals surface area contributed by atoms with Gasteiger partial charge >= 0.3 is 0 Å². The Labute approximate surface area is 163 Å². The van der Waals surface area contributed by atoms with Gasteiger partial charge in [-0.25, -0.2) is 0 Å². The van der Waals surface area contributed by atoms with Crippen LogP contribution in [0.2, 0.25) is 0 Å². The molecule has 1 heterocycles. The van der Waals surface area contributed by atoms with Gasteiger partial charge in [-0.15, -0.1) is 0 Å². The van der Waals surface area contributed by atoms with Gasteiger partial charge in [-0.1, -0.05) is 30.3 Å². The van der Waals surface area contributed by atoms with Crippen molar-refractivity contribution in [1.82, 2.24) is 10.3 Å². The molecule has 3 rings (SSSR count). The predicted octanol–water partition coefficient (Wildman–Crippen LogP) is 3.40. The number of nitrogens with one attached hydrogen (secondary N) is 2. The van der Waals surface area contributed by atoms with Crippen molar-refractivity contribution in [2.24, 2.45) is 0 Å². The number of rotatable bonds is 6. The van der Waals surface area contributed by atoms with Gasteiger partial charge in [0.05, 0.1) is 24.5 Å². The maximum Gasteiger partial charge on any atom is 0.246 e. The fraction of sp³-hybridized carbons (Fsp3) is 0.136. The van der Waals surface area contributed by atoms with Gasteiger partial charge in [-0.2, -0.15) is 0 Å². The summed E-state index contributed by atoms with van der Waals surface area (Å²) in [5.74, 6) is 0.0773. The topological polar surface area (TPSA) is 80.3 Å². The molecule has 2 amide bonds. The zero-order chi connectivity index (χ0) is 19.9. The molecule has 2 aromatic carbocycles. The number of benzene rings is 2. The Kier molecular flexibility index (Phi) is 6.01. The predicted molar refractivity (Wildman–Crippen MR) is 110 cm³/mol. The highest BCUT2D eigenvalue weighted by molar-refractivity contribution is 6.00. The van der Waals surface area contributed by atoms with Crippen LogP contribution in [0.5, 0.6) is 5.75 Å². The summed E-state index contributed by atoms with van der Waals surface area (Å²) in [6, 6.07) is 16.1. The number of carbonyl (C=O) groups is 2. The van der Waals surface area contributed by atoms with E-state index in [4.69, 9.17) is 4.74 Å². The minimum atomic E-state index is -0.695. The molecular weight excluding hydrogens is 354 g/mol. The second-order valence-corrected chi connectivity index (χ2v) is 6.24. The quantitative estimate of drug-likeness (QED) is 0.647. The first kappa shape index (κ1) is 19.1. The lowest BCUT2D eigenvalue weighted by molar-refractivity contribution is -0.123. The van der Waals surface area contributed by atoms with E-state index >= 15 is 0 Å². The monoisotopic (exact) mass is 375 g/mol. The number of ether oxygens (including phenoxy) is 1. The molecule has 1 atom stereocenters. The van der Waals surface area contributed by atoms with Gasteiger partial charge in [0.15, 0.2) is 0 Å². The van der Waals surface area contributed by atoms with Crippen LogP contribution in [0.1, 0.15) is 12.5 Å². The standard InChI is InChI=1S/C22H21N3O3/c1-15(24-21(26)12-9-16-7-10-19(28-2)11-8-16)22(27)25-18-13-17-5-3-4-6-20(17)23-14-18/h3-15H,1-2H3,(H,24,26)(H,25,27). The molecule has 1 aromatic heterocycles. The number of anilines is 1. The average Bonchev–Trinajstić information content (AvgIpc) is 2.72. The Morgan fingerprint density at radius 2 is 1.86 bits per heavy atom. The summed E-state index contributed by atoms with van der Waals surface area (Å²) >= 11 is 0. The number of hydrogen-bond donors (Lipinski definition) is 2. The first-order valence-electron chi connectivity index (χ1n) is 8.83. The molecule has 0 fully saturated rings. The van der Waals surface area contributed by atoms with Crippen molar-refractivity contribution < 1.29 is 14.3 Å². The summed E-state index contributed by atoms with van der Waals surface area (Å²) in [6.07, 6.45) is 4.66. The lowest BCUT2D eigenvalue weighted by Gasteiger charge is -2.13. The zero-order valence-corrected chi connectivity index (χ0v) is 15.7. The Bertz CT molecular complexity index is 1010. The zero-order valence-electron chi connectivity index (χ0n) is 15.7. The molecule has 0 saturated carbocycles. The van der Waals surface area contributed by atoms with Crippen LogP contribution >= 0.6 is 0 Å². The highest BCUT2D eigenvalue weighted by Crippen LogP contribution is 2.16. The number of para-hydroxylation sites is 1. The molecule has 6 heteroatoms. The maximum absolute atomic E-state index is 12.3. The van der Waals surface area contributed by atoms with Crippen molar-refractivity contribution in [3.05, 3.63) is 72.4 Å². The van der Waals surface area contributed by atoms with Gasteiger partial charge in [0.25, 0.3) is 0 Å². The fourth-order valence-corrected chi connectivity index (χ4v) is 2.60. The first-order valence-corrected chi connectivity index (χ1v) is 8.83. The number of carbonyl (C=O) groups excluding carboxylic acids is 2. The van der Waals surface area contributed by atoms with E-state index in [0.29, 0.717) is 5.69 Å². The van der Waals surface area contributed by atoms with E-state index < -0.39 is 6.04 Å². The molecule has 6 nitrogen and oxygen atoms in total. The smallest absolute Gasteiger partial charge is 0.246 e. The van der Waals surface area contributed by atoms with E-state index in [9.17, 15) is 9.59 Å². The highest BCUT2D eigenvalue weighted by Gasteiger charge is 2.14. The summed E-state index contributed by atoms with van der Waals surface area (Å²) < 4.78 is 5.09. The molecule has 0 aliphatic carbocycles. The summed E-state index contributed by atoms with van der Waals surface area (Å²) in [7, 11) is 1.60. The third-order valence-electron chi connectivity index (χ3n) is 4.15. The van der Waals surface area contributed by atoms with Gasteiger partial charge in [0.2, 0.25) is 11.8 Å². The van der Waals surface area contributed by atoms with Crippen molar-refractivity contribution in [2.75, 3.05) is 12.4 Å². The van der Waals surface area contributed by atoms with Crippen LogP contribution in [0, 0.1) is 0 Å². The van der Waals surface area contributed by atoms with E-state index in [1.807, 2.05) is 54.6 Å². The molecule has 0 aliphatic rings. The normalized spacial score (nSPS) is 11.9. The van der Waals surface area contributed by atoms with E-state index in [1.165, 1.54) is 6.08 Å². The van der Waals surface area contributed by atoms with Crippen LogP contribution in [0.25, 0.3) is 17.0 Å². The van der Waals surface area contributed by atoms with Crippen molar-refractivity contribution in [1.29, 1.82) is 0 Å². The second kappa shape index (κ2) is 8.81. The van der Waals surface area contributed by atoms with Gasteiger partial charge in [0.1, 0.15) is 11.8 Å². The van der Waals surface area contributed by atoms with Crippen LogP contribution in [0.15, 0.2) is 66.9 Å². The molecule has 0 radical (unpaired) electrons. The lowest BCUT2D eigenvalue weighted by Crippen LogP contribution is -2.40. The van der Waals surface area contributed by atoms with E-state index in [1.54, 1.807) is 26.3 Å². The Morgan fingerprint density at radius 3 is 2.61 bits per heavy atom. The molecule has 28 heavy (non-hydrogen) atoms. The minimum absolute atomic E-state index is 0.316. The minimum Gasteiger partial charge on any atom is -0.497 e. The second-order valence-electron chi connectivity index (χ2n) is 6.24. The van der Waals surface area contributed by atoms with Crippen LogP contribution in [-0.4, -0.2) is 29.9 Å². The molecular formula is C22H21N3O3. The van der Waals surface area contributed by atoms with Gasteiger partial charge in [-0.3, -0.25) is 14.6 Å². The fourth-order valence-electron chi connectivity index (χ4n) is 2.60. The van der Waals surface area contributed by atoms with Crippen LogP contribution < -0.4 is 15.4 Å². The van der Waals surface area contributed by atoms with Gasteiger partial charge < -0.3 is 15.4 Å². The summed E-state index contributed by atoms with van der Waals surface area (Å²) in [6.45, 7) is 1.63. The number of methoxy groups -OCH3 is 1. The van der Waals surface area contributed by atoms with Crippen molar-refractivity contribution in [3.8, 4) is 5.75 Å². The molecule has 0 saturated heterocycles. The average molecular weight is 375 g/mol. The van der Waals surface area contributed by atoms with Gasteiger partial charge in [0, 0.05) is 11.5 Å². The summed E-state index contributed by atoms with van der Waals surface area (Å²) in [5.41, 5.74) is 2.29. The van der Waals surface area contributed by atoms with Crippen molar-refractivity contribution >= 4 is 34.5 Å². The van der Waals surface area contributed by atoms with Crippen LogP contribution in [-0.2, 0) is 9.59 Å². The van der Waals surface area contributed by atoms with E-state index in [0.717, 1.165) is 22.2 Å². The number of amides is 2. The lowest BCUT2D eigenvalue weighted by atomic mass is 10.2. The third-order valence-corrected chi connectivity index (χ3v) is 4.15. The molecule has 3 aromatic rings. The molecule has 2 N–H and O–H groups in total. The van der Waals surface area contributed by atoms with Crippen LogP contribution in [0.3, 0.4) is 0 Å². The molecule has 1 unspecified atom stereocenters. The largest absolute Gasteiger partial charge is 0.497 e. The highest BCUT2D eigenvalue weighted by atomic mass is 16.5. The van der Waals surface area contributed by atoms with Crippen molar-refractivity contribution in [3.63, 3.8) is 0 Å². The number of hydrogen-bond acceptors (Lipinski definition) is 4. The van der Waals surface area contributed by atoms with E-state index in [-0.39, 0.29) is 11.8 Å². The maximum atomic E-state index is 12.3. The van der Waals surface area contributed by atoms with Crippen LogP contribution in [0.4, 0.5) is 5.69 Å². The van der Waals surface area contributed by atoms with Crippen molar-refractivity contribution in [2.45, 2.75) is 13.0 Å². The number of nitrogens with zero attached hydrogens (tertiary/aromatic N) is 1. The van der Waals surface area contributed by atoms with E-state index in [2.05, 4.69) is 15.6 Å². The number of fused-ring (bicyclic) bond motifs is 1. The SMILES string of the molecule is COc1ccc(C=CC(=O)NC(C)C(=O)Nc2cnc3ccccc3c2)cc1. The molecule has 142 valence electrons. The molecule has 0 bridgehead atoms. The number of aromatic nitrogens is 1. The third kappa shape index (κ3) is 4.94. The number of pyridine rings is 1. The molecule has 0 spiro atoms. The first-order chi connectivity index (χ1) is 13.5. The summed E-state index contributed by atoms with van der Waals surface area (Å²) in [5, 5.41) is 6.35. The Morgan fingerprint density at radius 1 is 1.11 bits per heavy atom. The Hall–Kier alpha value is -3.67. The van der Waals surface area contributed by atoms with Gasteiger partial charge in [-0.05, 0) is 42.8 Å². The molecule has 0 aliphatic heterocycles.